The van der Waals surface area contributed by atoms with Gasteiger partial charge in [0.1, 0.15) is 5.75 Å². The molecule has 0 N–H and O–H groups in total. The zero-order valence-corrected chi connectivity index (χ0v) is 15.6. The van der Waals surface area contributed by atoms with E-state index in [1.807, 2.05) is 58.9 Å². The van der Waals surface area contributed by atoms with Crippen LogP contribution < -0.4 is 4.74 Å². The van der Waals surface area contributed by atoms with Crippen molar-refractivity contribution in [3.63, 3.8) is 0 Å². The fourth-order valence-corrected chi connectivity index (χ4v) is 1.84. The molecule has 0 radical (unpaired) electrons. The summed E-state index contributed by atoms with van der Waals surface area (Å²) in [5.74, 6) is 0.629. The largest absolute Gasteiger partial charge is 0 e. The Morgan fingerprint density at radius 3 is 1.67 bits per heavy atom. The molecule has 7 heteroatoms. The number of amides is 1. The molecule has 0 aliphatic rings. The van der Waals surface area contributed by atoms with E-state index >= 15 is 0 Å². The minimum atomic E-state index is -0.288. The number of carbonyl (C=O) groups excluding carboxylic acids is 1. The molecule has 0 atom stereocenters. The minimum absolute atomic E-state index is 0. The van der Waals surface area contributed by atoms with Crippen LogP contribution in [-0.4, -0.2) is 23.1 Å². The molecule has 0 spiro atoms. The van der Waals surface area contributed by atoms with E-state index < -0.39 is 0 Å². The minimum Gasteiger partial charge on any atom is 0 e. The van der Waals surface area contributed by atoms with Gasteiger partial charge in [-0.2, -0.15) is 0 Å². The summed E-state index contributed by atoms with van der Waals surface area (Å²) >= 11 is 0. The first-order valence-corrected chi connectivity index (χ1v) is 6.60. The average Bonchev–Trinajstić information content (AvgIpc) is 2.54. The van der Waals surface area contributed by atoms with Gasteiger partial charge in [-0.3, -0.25) is 0 Å². The molecule has 1 rings (SSSR count). The van der Waals surface area contributed by atoms with Gasteiger partial charge in [0.25, 0.3) is 0 Å². The molecule has 0 heterocycles. The standard InChI is InChI=1S/C14H21NO2.3CO.Cr/c1-10(2)15(11(3)4)14(16)17-13-9-7-6-8-12(13)5;3*1-2;/h6-11H,1-5H3;;;;. The summed E-state index contributed by atoms with van der Waals surface area (Å²) in [6, 6.07) is 7.79. The van der Waals surface area contributed by atoms with Crippen LogP contribution in [0.4, 0.5) is 4.79 Å². The normalized spacial score (nSPS) is 7.88. The predicted molar refractivity (Wildman–Crippen MR) is 81.1 cm³/mol. The Balaban J connectivity index is -0.000000256. The summed E-state index contributed by atoms with van der Waals surface area (Å²) in [7, 11) is 0. The van der Waals surface area contributed by atoms with Crippen molar-refractivity contribution < 1.29 is 40.8 Å². The molecule has 24 heavy (non-hydrogen) atoms. The van der Waals surface area contributed by atoms with Crippen LogP contribution in [-0.2, 0) is 31.3 Å². The first kappa shape index (κ1) is 30.2. The second-order valence-electron chi connectivity index (χ2n) is 4.73. The van der Waals surface area contributed by atoms with Crippen LogP contribution in [0, 0.1) is 26.9 Å². The molecule has 1 aromatic carbocycles. The van der Waals surface area contributed by atoms with Crippen LogP contribution in [0.1, 0.15) is 33.3 Å². The van der Waals surface area contributed by atoms with Gasteiger partial charge in [0.2, 0.25) is 0 Å². The molecule has 0 fully saturated rings. The van der Waals surface area contributed by atoms with Crippen LogP contribution in [0.25, 0.3) is 0 Å². The Labute approximate surface area is 154 Å². The quantitative estimate of drug-likeness (QED) is 0.601. The maximum absolute atomic E-state index is 12.1. The molecule has 0 aliphatic carbocycles. The molecule has 0 saturated carbocycles. The number of hydrogen-bond donors (Lipinski definition) is 0. The molecule has 6 nitrogen and oxygen atoms in total. The van der Waals surface area contributed by atoms with E-state index in [0.29, 0.717) is 5.75 Å². The Bertz CT molecular complexity index is 487. The Kier molecular flexibility index (Phi) is 24.2. The Hall–Kier alpha value is -1.76. The maximum Gasteiger partial charge on any atom is 0 e. The van der Waals surface area contributed by atoms with Gasteiger partial charge in [-0.1, -0.05) is 18.2 Å². The molecule has 1 amide bonds. The monoisotopic (exact) mass is 371 g/mol. The van der Waals surface area contributed by atoms with Crippen molar-refractivity contribution in [3.05, 3.63) is 49.8 Å². The molecule has 0 saturated heterocycles. The van der Waals surface area contributed by atoms with Gasteiger partial charge in [0, 0.05) is 29.4 Å². The van der Waals surface area contributed by atoms with Gasteiger partial charge < -0.3 is 9.64 Å². The van der Waals surface area contributed by atoms with Gasteiger partial charge in [0.15, 0.2) is 0 Å². The first-order valence-electron chi connectivity index (χ1n) is 6.60. The predicted octanol–water partition coefficient (Wildman–Crippen LogP) is 3.50. The number of carbonyl (C=O) groups is 1. The van der Waals surface area contributed by atoms with Gasteiger partial charge in [0.05, 0.1) is 0 Å². The van der Waals surface area contributed by atoms with E-state index in [0.717, 1.165) is 5.56 Å². The van der Waals surface area contributed by atoms with Crippen molar-refractivity contribution in [2.75, 3.05) is 0 Å². The van der Waals surface area contributed by atoms with Crippen LogP contribution in [0.3, 0.4) is 0 Å². The number of benzene rings is 1. The Morgan fingerprint density at radius 1 is 0.958 bits per heavy atom. The van der Waals surface area contributed by atoms with E-state index in [2.05, 4.69) is 20.0 Å². The van der Waals surface area contributed by atoms with E-state index in [-0.39, 0.29) is 35.5 Å². The van der Waals surface area contributed by atoms with E-state index in [1.165, 1.54) is 0 Å². The summed E-state index contributed by atoms with van der Waals surface area (Å²) in [6.07, 6.45) is -0.288. The molecule has 1 aromatic rings. The van der Waals surface area contributed by atoms with Crippen LogP contribution in [0.15, 0.2) is 24.3 Å². The van der Waals surface area contributed by atoms with E-state index in [1.54, 1.807) is 4.90 Å². The van der Waals surface area contributed by atoms with Gasteiger partial charge in [-0.05, 0) is 46.2 Å². The van der Waals surface area contributed by atoms with Crippen LogP contribution in [0.5, 0.6) is 5.75 Å². The van der Waals surface area contributed by atoms with Crippen molar-refractivity contribution in [3.8, 4) is 5.75 Å². The summed E-state index contributed by atoms with van der Waals surface area (Å²) < 4.78 is 27.9. The topological polar surface area (TPSA) is 89.2 Å². The first-order chi connectivity index (χ1) is 10.9. The van der Waals surface area contributed by atoms with E-state index in [9.17, 15) is 4.79 Å². The molecule has 130 valence electrons. The zero-order chi connectivity index (χ0) is 19.0. The molecular weight excluding hydrogens is 350 g/mol. The molecule has 0 bridgehead atoms. The molecule has 0 unspecified atom stereocenters. The third-order valence-electron chi connectivity index (χ3n) is 2.61. The SMILES string of the molecule is Cc1ccccc1OC(=O)N(C(C)C)C(C)C.[C-]#[O+].[C-]#[O+].[C-]#[O+].[Cr]. The van der Waals surface area contributed by atoms with Crippen LogP contribution in [0.2, 0.25) is 0 Å². The molecule has 0 aromatic heterocycles. The summed E-state index contributed by atoms with van der Waals surface area (Å²) in [6.45, 7) is 23.4. The zero-order valence-electron chi connectivity index (χ0n) is 14.4. The summed E-state index contributed by atoms with van der Waals surface area (Å²) in [4.78, 5) is 13.8. The van der Waals surface area contributed by atoms with Crippen molar-refractivity contribution in [2.24, 2.45) is 0 Å². The number of aryl methyl sites for hydroxylation is 1. The maximum atomic E-state index is 12.1. The average molecular weight is 371 g/mol. The fraction of sp³-hybridized carbons (Fsp3) is 0.412. The van der Waals surface area contributed by atoms with Gasteiger partial charge in [-0.25, -0.2) is 4.79 Å². The summed E-state index contributed by atoms with van der Waals surface area (Å²) in [5.41, 5.74) is 0.966. The summed E-state index contributed by atoms with van der Waals surface area (Å²) in [5, 5.41) is 0. The number of hydrogen-bond acceptors (Lipinski definition) is 2. The third kappa shape index (κ3) is 11.8. The van der Waals surface area contributed by atoms with Crippen molar-refractivity contribution >= 4 is 6.09 Å². The fourth-order valence-electron chi connectivity index (χ4n) is 1.84. The Morgan fingerprint density at radius 2 is 1.33 bits per heavy atom. The second kappa shape index (κ2) is 19.3. The molecular formula is C17H21CrNO5. The van der Waals surface area contributed by atoms with Gasteiger partial charge in [-0.15, -0.1) is 0 Å². The number of ether oxygens (including phenoxy) is 1. The third-order valence-corrected chi connectivity index (χ3v) is 2.61. The smallest absolute Gasteiger partial charge is 0 e. The van der Waals surface area contributed by atoms with E-state index in [4.69, 9.17) is 18.7 Å². The number of rotatable bonds is 3. The van der Waals surface area contributed by atoms with Gasteiger partial charge >= 0.3 is 40.0 Å². The number of nitrogens with zero attached hydrogens (tertiary/aromatic N) is 1. The number of para-hydroxylation sites is 1. The molecule has 0 aliphatic heterocycles. The second-order valence-corrected chi connectivity index (χ2v) is 4.73. The van der Waals surface area contributed by atoms with Crippen LogP contribution >= 0.6 is 0 Å². The van der Waals surface area contributed by atoms with Crippen molar-refractivity contribution in [1.29, 1.82) is 0 Å². The van der Waals surface area contributed by atoms with Crippen molar-refractivity contribution in [1.82, 2.24) is 4.90 Å². The van der Waals surface area contributed by atoms with Crippen molar-refractivity contribution in [2.45, 2.75) is 46.7 Å².